The van der Waals surface area contributed by atoms with Gasteiger partial charge in [-0.1, -0.05) is 23.7 Å². The van der Waals surface area contributed by atoms with E-state index in [1.54, 1.807) is 0 Å². The molecule has 3 rings (SSSR count). The number of likely N-dealkylation sites (N-methyl/N-ethyl adjacent to an activating group) is 1. The highest BCUT2D eigenvalue weighted by Gasteiger charge is 2.39. The molecule has 5 heteroatoms. The van der Waals surface area contributed by atoms with Crippen LogP contribution in [0.2, 0.25) is 5.02 Å². The van der Waals surface area contributed by atoms with Crippen LogP contribution in [0, 0.1) is 0 Å². The first kappa shape index (κ1) is 13.9. The second-order valence-electron chi connectivity index (χ2n) is 4.77. The van der Waals surface area contributed by atoms with E-state index in [-0.39, 0.29) is 24.0 Å². The molecule has 3 nitrogen and oxygen atoms in total. The number of aliphatic imine (C=N–C) groups is 1. The van der Waals surface area contributed by atoms with Crippen molar-refractivity contribution >= 4 is 41.5 Å². The van der Waals surface area contributed by atoms with Crippen LogP contribution < -0.4 is 5.32 Å². The summed E-state index contributed by atoms with van der Waals surface area (Å²) >= 11 is 6.01. The number of hydrogen-bond donors (Lipinski definition) is 1. The first-order valence-electron chi connectivity index (χ1n) is 6.01. The van der Waals surface area contributed by atoms with Gasteiger partial charge in [0.25, 0.3) is 0 Å². The third kappa shape index (κ3) is 2.91. The van der Waals surface area contributed by atoms with E-state index in [0.29, 0.717) is 12.0 Å². The monoisotopic (exact) mass is 377 g/mol. The van der Waals surface area contributed by atoms with Crippen LogP contribution in [0.15, 0.2) is 29.3 Å². The highest BCUT2D eigenvalue weighted by atomic mass is 127. The van der Waals surface area contributed by atoms with Crippen molar-refractivity contribution in [3.05, 3.63) is 34.9 Å². The molecule has 1 fully saturated rings. The van der Waals surface area contributed by atoms with Crippen LogP contribution in [-0.2, 0) is 0 Å². The molecule has 98 valence electrons. The van der Waals surface area contributed by atoms with Crippen molar-refractivity contribution in [3.8, 4) is 0 Å². The molecule has 0 aromatic heterocycles. The Morgan fingerprint density at radius 1 is 1.44 bits per heavy atom. The Bertz CT molecular complexity index is 463. The maximum absolute atomic E-state index is 6.01. The van der Waals surface area contributed by atoms with Gasteiger partial charge in [0.2, 0.25) is 0 Å². The van der Waals surface area contributed by atoms with Gasteiger partial charge in [0.05, 0.1) is 6.54 Å². The topological polar surface area (TPSA) is 27.6 Å². The number of hydrogen-bond acceptors (Lipinski definition) is 3. The minimum atomic E-state index is 0. The van der Waals surface area contributed by atoms with E-state index in [2.05, 4.69) is 34.4 Å². The Balaban J connectivity index is 0.00000120. The lowest BCUT2D eigenvalue weighted by Gasteiger charge is -2.15. The van der Waals surface area contributed by atoms with E-state index in [9.17, 15) is 0 Å². The Labute approximate surface area is 130 Å². The maximum atomic E-state index is 6.01. The molecular formula is C13H17ClIN3. The average Bonchev–Trinajstić information content (AvgIpc) is 2.96. The zero-order valence-corrected chi connectivity index (χ0v) is 13.4. The summed E-state index contributed by atoms with van der Waals surface area (Å²) in [4.78, 5) is 6.62. The van der Waals surface area contributed by atoms with Gasteiger partial charge in [0, 0.05) is 30.6 Å². The molecule has 1 N–H and O–H groups in total. The van der Waals surface area contributed by atoms with Gasteiger partial charge in [-0.05, 0) is 24.1 Å². The molecule has 0 unspecified atom stereocenters. The van der Waals surface area contributed by atoms with E-state index in [1.165, 1.54) is 12.0 Å². The van der Waals surface area contributed by atoms with E-state index >= 15 is 0 Å². The van der Waals surface area contributed by atoms with Gasteiger partial charge < -0.3 is 10.2 Å². The smallest absolute Gasteiger partial charge is 0.194 e. The van der Waals surface area contributed by atoms with E-state index in [1.807, 2.05) is 12.1 Å². The predicted molar refractivity (Wildman–Crippen MR) is 86.1 cm³/mol. The van der Waals surface area contributed by atoms with Crippen molar-refractivity contribution in [1.29, 1.82) is 0 Å². The summed E-state index contributed by atoms with van der Waals surface area (Å²) in [5.41, 5.74) is 1.33. The Kier molecular flexibility index (Phi) is 4.37. The summed E-state index contributed by atoms with van der Waals surface area (Å²) in [5, 5.41) is 4.33. The van der Waals surface area contributed by atoms with Crippen molar-refractivity contribution < 1.29 is 0 Å². The first-order valence-corrected chi connectivity index (χ1v) is 6.39. The summed E-state index contributed by atoms with van der Waals surface area (Å²) in [6, 6.07) is 8.68. The first-order chi connectivity index (χ1) is 8.24. The van der Waals surface area contributed by atoms with E-state index in [0.717, 1.165) is 24.1 Å². The zero-order valence-electron chi connectivity index (χ0n) is 10.3. The number of halogens is 2. The third-order valence-corrected chi connectivity index (χ3v) is 3.68. The summed E-state index contributed by atoms with van der Waals surface area (Å²) in [6.45, 7) is 1.93. The molecular weight excluding hydrogens is 361 g/mol. The fraction of sp³-hybridized carbons (Fsp3) is 0.462. The summed E-state index contributed by atoms with van der Waals surface area (Å²) in [5.74, 6) is 1.63. The van der Waals surface area contributed by atoms with Crippen LogP contribution in [0.4, 0.5) is 0 Å². The number of rotatable bonds is 2. The van der Waals surface area contributed by atoms with Gasteiger partial charge in [-0.2, -0.15) is 0 Å². The largest absolute Gasteiger partial charge is 0.353 e. The van der Waals surface area contributed by atoms with Crippen LogP contribution >= 0.6 is 35.6 Å². The fourth-order valence-corrected chi connectivity index (χ4v) is 2.51. The van der Waals surface area contributed by atoms with Gasteiger partial charge in [-0.25, -0.2) is 0 Å². The number of nitrogens with one attached hydrogen (secondary N) is 1. The molecule has 0 saturated heterocycles. The summed E-state index contributed by atoms with van der Waals surface area (Å²) < 4.78 is 0. The number of benzene rings is 1. The predicted octanol–water partition coefficient (Wildman–Crippen LogP) is 2.70. The van der Waals surface area contributed by atoms with Gasteiger partial charge in [0.15, 0.2) is 5.96 Å². The highest BCUT2D eigenvalue weighted by molar-refractivity contribution is 14.0. The van der Waals surface area contributed by atoms with Crippen LogP contribution in [-0.4, -0.2) is 37.0 Å². The number of nitrogens with zero attached hydrogens (tertiary/aromatic N) is 2. The van der Waals surface area contributed by atoms with Crippen molar-refractivity contribution in [2.45, 2.75) is 18.4 Å². The highest BCUT2D eigenvalue weighted by Crippen LogP contribution is 2.41. The molecule has 2 atom stereocenters. The van der Waals surface area contributed by atoms with Crippen LogP contribution in [0.1, 0.15) is 17.9 Å². The molecule has 0 radical (unpaired) electrons. The third-order valence-electron chi connectivity index (χ3n) is 3.44. The SMILES string of the molecule is CN1CCN=C1N[C@@H]1C[C@H]1c1cccc(Cl)c1.I. The summed E-state index contributed by atoms with van der Waals surface area (Å²) in [6.07, 6.45) is 1.17. The minimum Gasteiger partial charge on any atom is -0.353 e. The molecule has 1 aliphatic heterocycles. The Morgan fingerprint density at radius 2 is 2.28 bits per heavy atom. The average molecular weight is 378 g/mol. The Hall–Kier alpha value is -0.490. The van der Waals surface area contributed by atoms with Crippen LogP contribution in [0.3, 0.4) is 0 Å². The van der Waals surface area contributed by atoms with Crippen molar-refractivity contribution in [1.82, 2.24) is 10.2 Å². The van der Waals surface area contributed by atoms with Crippen LogP contribution in [0.5, 0.6) is 0 Å². The van der Waals surface area contributed by atoms with Gasteiger partial charge >= 0.3 is 0 Å². The molecule has 0 bridgehead atoms. The molecule has 1 aromatic carbocycles. The molecule has 0 amide bonds. The molecule has 1 saturated carbocycles. The van der Waals surface area contributed by atoms with E-state index < -0.39 is 0 Å². The minimum absolute atomic E-state index is 0. The van der Waals surface area contributed by atoms with Crippen molar-refractivity contribution in [2.24, 2.45) is 4.99 Å². The maximum Gasteiger partial charge on any atom is 0.194 e. The Morgan fingerprint density at radius 3 is 2.94 bits per heavy atom. The zero-order chi connectivity index (χ0) is 11.8. The lowest BCUT2D eigenvalue weighted by molar-refractivity contribution is 0.532. The molecule has 1 aromatic rings. The van der Waals surface area contributed by atoms with Crippen LogP contribution in [0.25, 0.3) is 0 Å². The molecule has 1 heterocycles. The summed E-state index contributed by atoms with van der Waals surface area (Å²) in [7, 11) is 2.08. The van der Waals surface area contributed by atoms with Crippen molar-refractivity contribution in [3.63, 3.8) is 0 Å². The fourth-order valence-electron chi connectivity index (χ4n) is 2.31. The molecule has 2 aliphatic rings. The van der Waals surface area contributed by atoms with Gasteiger partial charge in [-0.3, -0.25) is 4.99 Å². The second kappa shape index (κ2) is 5.65. The molecule has 1 aliphatic carbocycles. The quantitative estimate of drug-likeness (QED) is 0.803. The lowest BCUT2D eigenvalue weighted by atomic mass is 10.1. The standard InChI is InChI=1S/C13H16ClN3.HI/c1-17-6-5-15-13(17)16-12-8-11(12)9-3-2-4-10(14)7-9;/h2-4,7,11-12H,5-6,8H2,1H3,(H,15,16);1H/t11-,12+;/m0./s1. The number of guanidine groups is 1. The van der Waals surface area contributed by atoms with Gasteiger partial charge in [0.1, 0.15) is 0 Å². The van der Waals surface area contributed by atoms with Gasteiger partial charge in [-0.15, -0.1) is 24.0 Å². The van der Waals surface area contributed by atoms with E-state index in [4.69, 9.17) is 11.6 Å². The molecule has 18 heavy (non-hydrogen) atoms. The van der Waals surface area contributed by atoms with Crippen molar-refractivity contribution in [2.75, 3.05) is 20.1 Å². The lowest BCUT2D eigenvalue weighted by Crippen LogP contribution is -2.37. The second-order valence-corrected chi connectivity index (χ2v) is 5.21. The normalized spacial score (nSPS) is 25.4. The molecule has 0 spiro atoms.